The smallest absolute Gasteiger partial charge is 0.123 e. The Morgan fingerprint density at radius 1 is 1.17 bits per heavy atom. The molecule has 0 saturated heterocycles. The zero-order chi connectivity index (χ0) is 8.39. The molecule has 1 aromatic carbocycles. The first-order chi connectivity index (χ1) is 5.86. The Balaban J connectivity index is 2.43. The second kappa shape index (κ2) is 2.98. The highest BCUT2D eigenvalue weighted by Gasteiger charge is 1.99. The van der Waals surface area contributed by atoms with E-state index in [9.17, 15) is 4.39 Å². The Morgan fingerprint density at radius 2 is 1.92 bits per heavy atom. The number of benzene rings is 1. The van der Waals surface area contributed by atoms with Gasteiger partial charge in [0.1, 0.15) is 11.5 Å². The summed E-state index contributed by atoms with van der Waals surface area (Å²) in [6.45, 7) is 0. The maximum absolute atomic E-state index is 12.5. The van der Waals surface area contributed by atoms with Crippen molar-refractivity contribution in [2.45, 2.75) is 0 Å². The van der Waals surface area contributed by atoms with Crippen LogP contribution in [0.1, 0.15) is 0 Å². The zero-order valence-electron chi connectivity index (χ0n) is 6.07. The molecule has 0 unspecified atom stereocenters. The number of aromatic nitrogens is 2. The molecule has 0 amide bonds. The molecule has 0 aliphatic rings. The molecule has 2 nitrogen and oxygen atoms in total. The van der Waals surface area contributed by atoms with E-state index in [-0.39, 0.29) is 5.82 Å². The van der Waals surface area contributed by atoms with Gasteiger partial charge < -0.3 is 0 Å². The number of hydrogen-bond acceptors (Lipinski definition) is 3. The molecule has 2 aromatic rings. The predicted octanol–water partition coefficient (Wildman–Crippen LogP) is 2.34. The Kier molecular flexibility index (Phi) is 1.83. The molecule has 2 rings (SSSR count). The van der Waals surface area contributed by atoms with E-state index in [0.717, 1.165) is 23.0 Å². The second-order valence-corrected chi connectivity index (χ2v) is 2.86. The van der Waals surface area contributed by atoms with E-state index in [0.29, 0.717) is 0 Å². The molecule has 12 heavy (non-hydrogen) atoms. The summed E-state index contributed by atoms with van der Waals surface area (Å²) >= 11 is 1.14. The van der Waals surface area contributed by atoms with Crippen molar-refractivity contribution in [3.05, 3.63) is 36.3 Å². The van der Waals surface area contributed by atoms with Gasteiger partial charge in [0.05, 0.1) is 17.9 Å². The minimum Gasteiger partial charge on any atom is -0.207 e. The van der Waals surface area contributed by atoms with Crippen molar-refractivity contribution in [2.24, 2.45) is 0 Å². The molecule has 0 saturated carbocycles. The van der Waals surface area contributed by atoms with Gasteiger partial charge in [0.15, 0.2) is 0 Å². The van der Waals surface area contributed by atoms with Gasteiger partial charge >= 0.3 is 0 Å². The third kappa shape index (κ3) is 1.33. The second-order valence-electron chi connectivity index (χ2n) is 2.30. The molecule has 1 heterocycles. The average molecular weight is 180 g/mol. The molecule has 1 aromatic heterocycles. The number of rotatable bonds is 1. The SMILES string of the molecule is Fc1ccc(-c2cnsn2)cc1. The van der Waals surface area contributed by atoms with Crippen LogP contribution in [0, 0.1) is 5.82 Å². The number of halogens is 1. The van der Waals surface area contributed by atoms with Crippen molar-refractivity contribution in [2.75, 3.05) is 0 Å². The van der Waals surface area contributed by atoms with Gasteiger partial charge in [0.25, 0.3) is 0 Å². The molecular weight excluding hydrogens is 175 g/mol. The van der Waals surface area contributed by atoms with Gasteiger partial charge in [-0.2, -0.15) is 8.75 Å². The largest absolute Gasteiger partial charge is 0.207 e. The molecule has 0 aliphatic carbocycles. The average Bonchev–Trinajstić information content (AvgIpc) is 2.58. The summed E-state index contributed by atoms with van der Waals surface area (Å²) in [7, 11) is 0. The normalized spacial score (nSPS) is 10.1. The number of nitrogens with zero attached hydrogens (tertiary/aromatic N) is 2. The van der Waals surface area contributed by atoms with Crippen molar-refractivity contribution >= 4 is 11.7 Å². The Labute approximate surface area is 73.0 Å². The van der Waals surface area contributed by atoms with E-state index in [1.54, 1.807) is 18.3 Å². The van der Waals surface area contributed by atoms with Gasteiger partial charge in [-0.3, -0.25) is 0 Å². The molecule has 0 radical (unpaired) electrons. The van der Waals surface area contributed by atoms with Crippen LogP contribution in [0.15, 0.2) is 30.5 Å². The first-order valence-electron chi connectivity index (χ1n) is 3.40. The van der Waals surface area contributed by atoms with Crippen LogP contribution in [0.25, 0.3) is 11.3 Å². The minimum atomic E-state index is -0.234. The van der Waals surface area contributed by atoms with E-state index in [1.165, 1.54) is 12.1 Å². The lowest BCUT2D eigenvalue weighted by Gasteiger charge is -1.93. The molecule has 60 valence electrons. The lowest BCUT2D eigenvalue weighted by atomic mass is 10.2. The van der Waals surface area contributed by atoms with Crippen molar-refractivity contribution < 1.29 is 4.39 Å². The maximum Gasteiger partial charge on any atom is 0.123 e. The number of hydrogen-bond donors (Lipinski definition) is 0. The van der Waals surface area contributed by atoms with Crippen LogP contribution in [0.4, 0.5) is 4.39 Å². The van der Waals surface area contributed by atoms with Crippen LogP contribution < -0.4 is 0 Å². The van der Waals surface area contributed by atoms with Gasteiger partial charge in [0, 0.05) is 5.56 Å². The van der Waals surface area contributed by atoms with Crippen molar-refractivity contribution in [3.63, 3.8) is 0 Å². The summed E-state index contributed by atoms with van der Waals surface area (Å²) in [5.74, 6) is -0.234. The summed E-state index contributed by atoms with van der Waals surface area (Å²) in [6, 6.07) is 6.20. The van der Waals surface area contributed by atoms with E-state index in [2.05, 4.69) is 8.75 Å². The fourth-order valence-corrected chi connectivity index (χ4v) is 1.35. The van der Waals surface area contributed by atoms with Crippen molar-refractivity contribution in [1.82, 2.24) is 8.75 Å². The lowest BCUT2D eigenvalue weighted by molar-refractivity contribution is 0.628. The van der Waals surface area contributed by atoms with Crippen LogP contribution >= 0.6 is 11.7 Å². The topological polar surface area (TPSA) is 25.8 Å². The summed E-state index contributed by atoms with van der Waals surface area (Å²) in [5, 5.41) is 0. The molecule has 0 fully saturated rings. The quantitative estimate of drug-likeness (QED) is 0.673. The summed E-state index contributed by atoms with van der Waals surface area (Å²) in [6.07, 6.45) is 1.66. The van der Waals surface area contributed by atoms with Crippen molar-refractivity contribution in [3.8, 4) is 11.3 Å². The van der Waals surface area contributed by atoms with Gasteiger partial charge in [-0.15, -0.1) is 0 Å². The van der Waals surface area contributed by atoms with Crippen LogP contribution in [0.2, 0.25) is 0 Å². The van der Waals surface area contributed by atoms with Gasteiger partial charge in [-0.25, -0.2) is 4.39 Å². The highest BCUT2D eigenvalue weighted by atomic mass is 32.1. The molecule has 4 heteroatoms. The third-order valence-corrected chi connectivity index (χ3v) is 1.98. The minimum absolute atomic E-state index is 0.234. The summed E-state index contributed by atoms with van der Waals surface area (Å²) in [4.78, 5) is 0. The monoisotopic (exact) mass is 180 g/mol. The fraction of sp³-hybridized carbons (Fsp3) is 0. The van der Waals surface area contributed by atoms with Gasteiger partial charge in [-0.05, 0) is 24.3 Å². The van der Waals surface area contributed by atoms with Crippen LogP contribution in [-0.4, -0.2) is 8.75 Å². The standard InChI is InChI=1S/C8H5FN2S/c9-7-3-1-6(2-4-7)8-5-10-12-11-8/h1-5H. The van der Waals surface area contributed by atoms with E-state index < -0.39 is 0 Å². The highest BCUT2D eigenvalue weighted by molar-refractivity contribution is 6.99. The molecule has 0 spiro atoms. The Morgan fingerprint density at radius 3 is 2.50 bits per heavy atom. The van der Waals surface area contributed by atoms with Crippen LogP contribution in [-0.2, 0) is 0 Å². The lowest BCUT2D eigenvalue weighted by Crippen LogP contribution is -1.77. The highest BCUT2D eigenvalue weighted by Crippen LogP contribution is 2.16. The Hall–Kier alpha value is -1.29. The fourth-order valence-electron chi connectivity index (χ4n) is 0.913. The van der Waals surface area contributed by atoms with E-state index >= 15 is 0 Å². The first-order valence-corrected chi connectivity index (χ1v) is 4.13. The molecular formula is C8H5FN2S. The van der Waals surface area contributed by atoms with Crippen molar-refractivity contribution in [1.29, 1.82) is 0 Å². The third-order valence-electron chi connectivity index (χ3n) is 1.50. The molecule has 0 atom stereocenters. The van der Waals surface area contributed by atoms with Gasteiger partial charge in [0.2, 0.25) is 0 Å². The van der Waals surface area contributed by atoms with E-state index in [1.807, 2.05) is 0 Å². The summed E-state index contributed by atoms with van der Waals surface area (Å²) < 4.78 is 20.4. The predicted molar refractivity (Wildman–Crippen MR) is 45.3 cm³/mol. The van der Waals surface area contributed by atoms with Crippen LogP contribution in [0.3, 0.4) is 0 Å². The van der Waals surface area contributed by atoms with Crippen LogP contribution in [0.5, 0.6) is 0 Å². The van der Waals surface area contributed by atoms with Gasteiger partial charge in [-0.1, -0.05) is 0 Å². The first kappa shape index (κ1) is 7.36. The molecule has 0 bridgehead atoms. The van der Waals surface area contributed by atoms with E-state index in [4.69, 9.17) is 0 Å². The Bertz CT molecular complexity index is 355. The maximum atomic E-state index is 12.5. The molecule has 0 N–H and O–H groups in total. The molecule has 0 aliphatic heterocycles. The summed E-state index contributed by atoms with van der Waals surface area (Å²) in [5.41, 5.74) is 1.69. The zero-order valence-corrected chi connectivity index (χ0v) is 6.88.